The van der Waals surface area contributed by atoms with E-state index < -0.39 is 0 Å². The molecule has 0 aliphatic rings. The van der Waals surface area contributed by atoms with E-state index in [2.05, 4.69) is 4.99 Å². The fourth-order valence-electron chi connectivity index (χ4n) is 0.331. The van der Waals surface area contributed by atoms with Crippen molar-refractivity contribution in [2.24, 2.45) is 4.99 Å². The van der Waals surface area contributed by atoms with Crippen molar-refractivity contribution in [2.75, 3.05) is 21.1 Å². The van der Waals surface area contributed by atoms with E-state index >= 15 is 0 Å². The Balaban J connectivity index is 3.84. The molecule has 2 heteroatoms. The van der Waals surface area contributed by atoms with Crippen LogP contribution in [-0.2, 0) is 0 Å². The molecule has 0 amide bonds. The van der Waals surface area contributed by atoms with Crippen LogP contribution in [0.5, 0.6) is 0 Å². The molecule has 0 fully saturated rings. The van der Waals surface area contributed by atoms with E-state index in [0.717, 1.165) is 0 Å². The third-order valence-electron chi connectivity index (χ3n) is 1.17. The van der Waals surface area contributed by atoms with Crippen molar-refractivity contribution in [3.8, 4) is 0 Å². The van der Waals surface area contributed by atoms with Crippen LogP contribution < -0.4 is 0 Å². The van der Waals surface area contributed by atoms with E-state index in [1.807, 2.05) is 32.0 Å². The molecule has 0 unspecified atom stereocenters. The lowest BCUT2D eigenvalue weighted by Gasteiger charge is -2.10. The number of hydrogen-bond donors (Lipinski definition) is 0. The number of aliphatic imine (C=N–C) groups is 1. The Morgan fingerprint density at radius 3 is 2.33 bits per heavy atom. The number of rotatable bonds is 2. The van der Waals surface area contributed by atoms with Gasteiger partial charge in [-0.25, -0.2) is 0 Å². The summed E-state index contributed by atoms with van der Waals surface area (Å²) in [5.41, 5.74) is 1.21. The first kappa shape index (κ1) is 8.21. The minimum absolute atomic E-state index is 1.21. The van der Waals surface area contributed by atoms with Crippen LogP contribution in [0, 0.1) is 0 Å². The SMILES string of the molecule is CN=CC=C(C)N(C)C. The van der Waals surface area contributed by atoms with Crippen LogP contribution in [0.2, 0.25) is 0 Å². The molecular formula is C7H14N2. The summed E-state index contributed by atoms with van der Waals surface area (Å²) in [5.74, 6) is 0. The van der Waals surface area contributed by atoms with E-state index in [9.17, 15) is 0 Å². The molecule has 0 atom stereocenters. The molecule has 0 aliphatic carbocycles. The van der Waals surface area contributed by atoms with Crippen LogP contribution in [0.4, 0.5) is 0 Å². The van der Waals surface area contributed by atoms with Crippen LogP contribution in [0.15, 0.2) is 16.8 Å². The lowest BCUT2D eigenvalue weighted by atomic mass is 10.4. The average Bonchev–Trinajstić information content (AvgIpc) is 1.82. The van der Waals surface area contributed by atoms with Crippen molar-refractivity contribution in [3.05, 3.63) is 11.8 Å². The molecule has 52 valence electrons. The second-order valence-corrected chi connectivity index (χ2v) is 2.11. The van der Waals surface area contributed by atoms with Gasteiger partial charge in [0.1, 0.15) is 0 Å². The molecule has 0 spiro atoms. The lowest BCUT2D eigenvalue weighted by molar-refractivity contribution is 0.515. The zero-order chi connectivity index (χ0) is 7.28. The Kier molecular flexibility index (Phi) is 3.76. The molecule has 0 rings (SSSR count). The van der Waals surface area contributed by atoms with Crippen molar-refractivity contribution in [1.29, 1.82) is 0 Å². The maximum Gasteiger partial charge on any atom is 0.0277 e. The third kappa shape index (κ3) is 3.76. The fraction of sp³-hybridized carbons (Fsp3) is 0.571. The van der Waals surface area contributed by atoms with Gasteiger partial charge in [-0.1, -0.05) is 0 Å². The highest BCUT2D eigenvalue weighted by molar-refractivity contribution is 5.71. The summed E-state index contributed by atoms with van der Waals surface area (Å²) in [6.45, 7) is 2.04. The predicted molar refractivity (Wildman–Crippen MR) is 41.9 cm³/mol. The van der Waals surface area contributed by atoms with Crippen molar-refractivity contribution in [2.45, 2.75) is 6.92 Å². The zero-order valence-electron chi connectivity index (χ0n) is 6.55. The van der Waals surface area contributed by atoms with Crippen molar-refractivity contribution >= 4 is 6.21 Å². The van der Waals surface area contributed by atoms with E-state index in [4.69, 9.17) is 0 Å². The largest absolute Gasteiger partial charge is 0.381 e. The van der Waals surface area contributed by atoms with Crippen molar-refractivity contribution < 1.29 is 0 Å². The summed E-state index contributed by atoms with van der Waals surface area (Å²) in [5, 5.41) is 0. The van der Waals surface area contributed by atoms with Gasteiger partial charge in [0, 0.05) is 33.1 Å². The molecule has 0 radical (unpaired) electrons. The number of allylic oxidation sites excluding steroid dienone is 2. The van der Waals surface area contributed by atoms with E-state index in [-0.39, 0.29) is 0 Å². The highest BCUT2D eigenvalue weighted by atomic mass is 15.1. The van der Waals surface area contributed by atoms with Gasteiger partial charge >= 0.3 is 0 Å². The Bertz CT molecular complexity index is 123. The lowest BCUT2D eigenvalue weighted by Crippen LogP contribution is -2.07. The first-order valence-corrected chi connectivity index (χ1v) is 2.95. The van der Waals surface area contributed by atoms with Gasteiger partial charge in [-0.15, -0.1) is 0 Å². The molecule has 2 nitrogen and oxygen atoms in total. The molecule has 0 saturated heterocycles. The van der Waals surface area contributed by atoms with Crippen LogP contribution >= 0.6 is 0 Å². The Morgan fingerprint density at radius 2 is 2.00 bits per heavy atom. The van der Waals surface area contributed by atoms with Gasteiger partial charge in [0.15, 0.2) is 0 Å². The monoisotopic (exact) mass is 126 g/mol. The third-order valence-corrected chi connectivity index (χ3v) is 1.17. The molecule has 0 aromatic heterocycles. The summed E-state index contributed by atoms with van der Waals surface area (Å²) in [4.78, 5) is 5.87. The summed E-state index contributed by atoms with van der Waals surface area (Å²) in [7, 11) is 5.78. The van der Waals surface area contributed by atoms with Gasteiger partial charge in [-0.05, 0) is 13.0 Å². The molecule has 0 heterocycles. The van der Waals surface area contributed by atoms with Crippen molar-refractivity contribution in [1.82, 2.24) is 4.90 Å². The molecule has 0 aromatic carbocycles. The minimum atomic E-state index is 1.21. The van der Waals surface area contributed by atoms with Crippen LogP contribution in [0.3, 0.4) is 0 Å². The molecule has 0 aliphatic heterocycles. The highest BCUT2D eigenvalue weighted by Gasteiger charge is 1.85. The van der Waals surface area contributed by atoms with E-state index in [1.165, 1.54) is 5.70 Å². The number of nitrogens with zero attached hydrogens (tertiary/aromatic N) is 2. The van der Waals surface area contributed by atoms with Crippen LogP contribution in [0.25, 0.3) is 0 Å². The molecule has 9 heavy (non-hydrogen) atoms. The number of hydrogen-bond acceptors (Lipinski definition) is 2. The van der Waals surface area contributed by atoms with Crippen LogP contribution in [-0.4, -0.2) is 32.3 Å². The molecule has 0 saturated carbocycles. The Hall–Kier alpha value is -0.790. The fourth-order valence-corrected chi connectivity index (χ4v) is 0.331. The van der Waals surface area contributed by atoms with Gasteiger partial charge in [0.05, 0.1) is 0 Å². The normalized spacial score (nSPS) is 12.7. The predicted octanol–water partition coefficient (Wildman–Crippen LogP) is 1.15. The highest BCUT2D eigenvalue weighted by Crippen LogP contribution is 1.92. The summed E-state index contributed by atoms with van der Waals surface area (Å²) in [6.07, 6.45) is 3.76. The van der Waals surface area contributed by atoms with Gasteiger partial charge in [0.25, 0.3) is 0 Å². The van der Waals surface area contributed by atoms with Gasteiger partial charge in [-0.3, -0.25) is 4.99 Å². The Labute approximate surface area is 56.9 Å². The summed E-state index contributed by atoms with van der Waals surface area (Å²) >= 11 is 0. The summed E-state index contributed by atoms with van der Waals surface area (Å²) < 4.78 is 0. The van der Waals surface area contributed by atoms with Gasteiger partial charge < -0.3 is 4.90 Å². The quantitative estimate of drug-likeness (QED) is 0.507. The summed E-state index contributed by atoms with van der Waals surface area (Å²) in [6, 6.07) is 0. The topological polar surface area (TPSA) is 15.6 Å². The van der Waals surface area contributed by atoms with Gasteiger partial charge in [0.2, 0.25) is 0 Å². The first-order chi connectivity index (χ1) is 4.18. The molecule has 0 aromatic rings. The smallest absolute Gasteiger partial charge is 0.0277 e. The van der Waals surface area contributed by atoms with Crippen LogP contribution in [0.1, 0.15) is 6.92 Å². The second kappa shape index (κ2) is 4.13. The zero-order valence-corrected chi connectivity index (χ0v) is 6.55. The maximum atomic E-state index is 3.83. The molecule has 0 bridgehead atoms. The van der Waals surface area contributed by atoms with Gasteiger partial charge in [-0.2, -0.15) is 0 Å². The second-order valence-electron chi connectivity index (χ2n) is 2.11. The average molecular weight is 126 g/mol. The van der Waals surface area contributed by atoms with Crippen molar-refractivity contribution in [3.63, 3.8) is 0 Å². The minimum Gasteiger partial charge on any atom is -0.381 e. The Morgan fingerprint density at radius 1 is 1.44 bits per heavy atom. The maximum absolute atomic E-state index is 3.83. The first-order valence-electron chi connectivity index (χ1n) is 2.95. The standard InChI is InChI=1S/C7H14N2/c1-7(9(3)4)5-6-8-2/h5-6H,1-4H3. The molecule has 0 N–H and O–H groups in total. The van der Waals surface area contributed by atoms with E-state index in [0.29, 0.717) is 0 Å². The molecular weight excluding hydrogens is 112 g/mol. The van der Waals surface area contributed by atoms with E-state index in [1.54, 1.807) is 13.3 Å².